The van der Waals surface area contributed by atoms with E-state index in [0.29, 0.717) is 18.4 Å². The van der Waals surface area contributed by atoms with E-state index in [0.717, 1.165) is 23.5 Å². The van der Waals surface area contributed by atoms with E-state index in [1.807, 2.05) is 111 Å². The minimum absolute atomic E-state index is 0. The minimum atomic E-state index is -0.177. The summed E-state index contributed by atoms with van der Waals surface area (Å²) in [4.78, 5) is 23.2. The molecule has 0 heterocycles. The summed E-state index contributed by atoms with van der Waals surface area (Å²) >= 11 is 5.37. The smallest absolute Gasteiger partial charge is 1.00 e. The van der Waals surface area contributed by atoms with Gasteiger partial charge < -0.3 is 58.6 Å². The van der Waals surface area contributed by atoms with Crippen LogP contribution < -0.4 is 122 Å². The van der Waals surface area contributed by atoms with Crippen LogP contribution in [0, 0.1) is 0 Å². The number of hydrogen-bond acceptors (Lipinski definition) is 5. The summed E-state index contributed by atoms with van der Waals surface area (Å²) in [6, 6.07) is 35.9. The summed E-state index contributed by atoms with van der Waals surface area (Å²) in [5.41, 5.74) is 6.47. The molecule has 4 rings (SSSR count). The number of nitrogens with two attached hydrogens (primary N) is 2. The first kappa shape index (κ1) is 54.4. The number of anilines is 2. The molecule has 0 spiro atoms. The van der Waals surface area contributed by atoms with Crippen molar-refractivity contribution in [3.05, 3.63) is 131 Å². The first-order chi connectivity index (χ1) is 22.3. The van der Waals surface area contributed by atoms with E-state index >= 15 is 0 Å². The second-order valence-corrected chi connectivity index (χ2v) is 12.7. The van der Waals surface area contributed by atoms with Crippen LogP contribution in [0.4, 0.5) is 11.4 Å². The van der Waals surface area contributed by atoms with Gasteiger partial charge in [0.15, 0.2) is 6.54 Å². The Morgan fingerprint density at radius 2 is 1.08 bits per heavy atom. The normalized spacial score (nSPS) is 11.0. The molecule has 0 saturated carbocycles. The quantitative estimate of drug-likeness (QED) is 0.0382. The zero-order chi connectivity index (χ0) is 34.8. The SMILES string of the molecule is C.CC(C)c1ccc(NC(=O)CCl)cc1.CC(C)c1ccc(NC(=O)C[N@@+](C)(N)Cc2ccccc2)cc1.CN(N)Cc1ccccc1.[I-].[I-].[K+]. The molecule has 0 bridgehead atoms. The van der Waals surface area contributed by atoms with E-state index in [4.69, 9.17) is 23.3 Å². The summed E-state index contributed by atoms with van der Waals surface area (Å²) < 4.78 is 0.125. The van der Waals surface area contributed by atoms with Crippen molar-refractivity contribution in [3.8, 4) is 0 Å². The predicted octanol–water partition coefficient (Wildman–Crippen LogP) is -1.10. The molecule has 0 fully saturated rings. The van der Waals surface area contributed by atoms with Gasteiger partial charge in [0.2, 0.25) is 5.91 Å². The van der Waals surface area contributed by atoms with E-state index in [1.165, 1.54) is 16.7 Å². The average Bonchev–Trinajstić information content (AvgIpc) is 3.02. The Labute approximate surface area is 388 Å². The Balaban J connectivity index is -0.000000710. The molecule has 0 aromatic heterocycles. The summed E-state index contributed by atoms with van der Waals surface area (Å²) in [5, 5.41) is 7.26. The van der Waals surface area contributed by atoms with Crippen molar-refractivity contribution in [2.45, 2.75) is 60.0 Å². The maximum atomic E-state index is 12.2. The van der Waals surface area contributed by atoms with Gasteiger partial charge in [-0.25, -0.2) is 9.60 Å². The van der Waals surface area contributed by atoms with Crippen LogP contribution in [0.2, 0.25) is 0 Å². The van der Waals surface area contributed by atoms with Gasteiger partial charge in [-0.1, -0.05) is 120 Å². The molecular formula is C39H56ClI2KN6O2. The minimum Gasteiger partial charge on any atom is -1.00 e. The van der Waals surface area contributed by atoms with Gasteiger partial charge >= 0.3 is 51.4 Å². The molecule has 12 heteroatoms. The number of rotatable bonds is 11. The third kappa shape index (κ3) is 24.1. The van der Waals surface area contributed by atoms with Crippen molar-refractivity contribution in [3.63, 3.8) is 0 Å². The van der Waals surface area contributed by atoms with E-state index in [1.54, 1.807) is 5.01 Å². The van der Waals surface area contributed by atoms with Crippen molar-refractivity contribution in [1.82, 2.24) is 5.01 Å². The van der Waals surface area contributed by atoms with Gasteiger partial charge in [0, 0.05) is 30.5 Å². The van der Waals surface area contributed by atoms with Crippen LogP contribution in [0.5, 0.6) is 0 Å². The Bertz CT molecular complexity index is 1480. The monoisotopic (exact) mass is 968 g/mol. The molecule has 4 aromatic rings. The second-order valence-electron chi connectivity index (χ2n) is 12.5. The van der Waals surface area contributed by atoms with Crippen molar-refractivity contribution in [2.75, 3.05) is 37.2 Å². The molecule has 4 aromatic carbocycles. The molecule has 0 aliphatic carbocycles. The largest absolute Gasteiger partial charge is 1.00 e. The van der Waals surface area contributed by atoms with Crippen LogP contribution in [-0.4, -0.2) is 47.9 Å². The van der Waals surface area contributed by atoms with Crippen LogP contribution in [-0.2, 0) is 22.7 Å². The van der Waals surface area contributed by atoms with E-state index in [-0.39, 0.29) is 136 Å². The molecule has 6 N–H and O–H groups in total. The Kier molecular flexibility index (Phi) is 31.4. The molecule has 0 aliphatic heterocycles. The standard InChI is InChI=1S/C19H25N3O.C11H14ClNO.C8H12N2.CH4.2HI.K/c1-15(2)17-9-11-18(12-10-17)21-19(23)14-22(3,20)13-16-7-5-4-6-8-16;1-8(2)9-3-5-10(6-4-9)13-11(14)7-12;1-10(9)7-8-5-3-2-4-6-8;;;;/h4-12,15H,13-14,20H2,1-3H3;3-6,8H,7H2,1-2H3,(H,13,14);2-6H,7,9H2,1H3;1H4;2*1H;/q;;;;;;+1/p-1/t22-;;;;;;/m0....../s1. The van der Waals surface area contributed by atoms with Crippen LogP contribution in [0.15, 0.2) is 109 Å². The molecule has 0 aliphatic rings. The van der Waals surface area contributed by atoms with Crippen LogP contribution in [0.3, 0.4) is 0 Å². The maximum Gasteiger partial charge on any atom is 1.00 e. The molecular weight excluding hydrogens is 913 g/mol. The maximum absolute atomic E-state index is 12.2. The number of hydrazine groups is 1. The fraction of sp³-hybridized carbons (Fsp3) is 0.333. The topological polar surface area (TPSA) is 113 Å². The number of nitrogens with zero attached hydrogens (tertiary/aromatic N) is 2. The average molecular weight is 969 g/mol. The van der Waals surface area contributed by atoms with Gasteiger partial charge in [-0.3, -0.25) is 15.4 Å². The fourth-order valence-corrected chi connectivity index (χ4v) is 4.62. The van der Waals surface area contributed by atoms with Gasteiger partial charge in [0.05, 0.1) is 7.05 Å². The number of benzene rings is 4. The first-order valence-electron chi connectivity index (χ1n) is 15.8. The summed E-state index contributed by atoms with van der Waals surface area (Å²) in [7, 11) is 3.71. The number of likely N-dealkylation sites (N-methyl/N-ethyl adjacent to an activating group) is 1. The van der Waals surface area contributed by atoms with Crippen molar-refractivity contribution < 1.29 is 114 Å². The fourth-order valence-electron chi connectivity index (χ4n) is 4.55. The van der Waals surface area contributed by atoms with Crippen molar-refractivity contribution >= 4 is 34.8 Å². The molecule has 0 saturated heterocycles. The number of amides is 2. The van der Waals surface area contributed by atoms with Gasteiger partial charge in [-0.2, -0.15) is 5.84 Å². The molecule has 0 unspecified atom stereocenters. The van der Waals surface area contributed by atoms with Gasteiger partial charge in [-0.15, -0.1) is 11.6 Å². The van der Waals surface area contributed by atoms with Gasteiger partial charge in [-0.05, 0) is 52.8 Å². The van der Waals surface area contributed by atoms with E-state index < -0.39 is 0 Å². The number of quaternary nitrogens is 1. The number of alkyl halides is 1. The molecule has 8 nitrogen and oxygen atoms in total. The number of carbonyl (C=O) groups is 2. The van der Waals surface area contributed by atoms with Crippen LogP contribution in [0.1, 0.15) is 69.2 Å². The zero-order valence-electron chi connectivity index (χ0n) is 30.4. The summed E-state index contributed by atoms with van der Waals surface area (Å²) in [5.74, 6) is 12.4. The van der Waals surface area contributed by atoms with Crippen molar-refractivity contribution in [1.29, 1.82) is 0 Å². The molecule has 51 heavy (non-hydrogen) atoms. The number of hydrogen-bond donors (Lipinski definition) is 4. The van der Waals surface area contributed by atoms with Crippen LogP contribution in [0.25, 0.3) is 0 Å². The first-order valence-corrected chi connectivity index (χ1v) is 16.3. The third-order valence-corrected chi connectivity index (χ3v) is 7.25. The third-order valence-electron chi connectivity index (χ3n) is 7.01. The molecule has 0 radical (unpaired) electrons. The van der Waals surface area contributed by atoms with Crippen LogP contribution >= 0.6 is 11.6 Å². The number of halogens is 3. The molecule has 276 valence electrons. The number of carbonyl (C=O) groups excluding carboxylic acids is 2. The molecule has 2 amide bonds. The second kappa shape index (κ2) is 29.4. The van der Waals surface area contributed by atoms with E-state index in [2.05, 4.69) is 50.5 Å². The Morgan fingerprint density at radius 3 is 1.43 bits per heavy atom. The van der Waals surface area contributed by atoms with E-state index in [9.17, 15) is 9.59 Å². The van der Waals surface area contributed by atoms with Gasteiger partial charge in [0.1, 0.15) is 12.4 Å². The molecule has 1 atom stereocenters. The summed E-state index contributed by atoms with van der Waals surface area (Å²) in [6.07, 6.45) is 0. The predicted molar refractivity (Wildman–Crippen MR) is 203 cm³/mol. The van der Waals surface area contributed by atoms with Gasteiger partial charge in [0.25, 0.3) is 5.91 Å². The zero-order valence-corrected chi connectivity index (χ0v) is 38.6. The van der Waals surface area contributed by atoms with Crippen molar-refractivity contribution in [2.24, 2.45) is 11.7 Å². The number of nitrogens with one attached hydrogen (secondary N) is 2. The Hall–Kier alpha value is -0.954. The summed E-state index contributed by atoms with van der Waals surface area (Å²) in [6.45, 7) is 10.2. The Morgan fingerprint density at radius 1 is 0.706 bits per heavy atom.